The number of aryl methyl sites for hydroxylation is 1. The Morgan fingerprint density at radius 2 is 2.19 bits per heavy atom. The molecule has 0 aliphatic heterocycles. The molecule has 4 heteroatoms. The number of aliphatic imine (C=N–C) groups is 1. The van der Waals surface area contributed by atoms with Crippen molar-refractivity contribution in [1.82, 2.24) is 0 Å². The summed E-state index contributed by atoms with van der Waals surface area (Å²) < 4.78 is 6.15. The van der Waals surface area contributed by atoms with Gasteiger partial charge in [-0.2, -0.15) is 4.99 Å². The van der Waals surface area contributed by atoms with E-state index in [9.17, 15) is 4.79 Å². The van der Waals surface area contributed by atoms with Crippen LogP contribution in [0.15, 0.2) is 21.6 Å². The molecule has 0 spiro atoms. The second-order valence-corrected chi connectivity index (χ2v) is 4.80. The zero-order valence-corrected chi connectivity index (χ0v) is 10.8. The zero-order valence-electron chi connectivity index (χ0n) is 9.21. The lowest BCUT2D eigenvalue weighted by Gasteiger charge is -2.16. The average Bonchev–Trinajstić information content (AvgIpc) is 2.99. The van der Waals surface area contributed by atoms with Crippen LogP contribution >= 0.6 is 15.9 Å². The van der Waals surface area contributed by atoms with Gasteiger partial charge in [0.1, 0.15) is 5.75 Å². The van der Waals surface area contributed by atoms with Crippen LogP contribution < -0.4 is 4.74 Å². The Kier molecular flexibility index (Phi) is 2.87. The molecule has 84 valence electrons. The minimum absolute atomic E-state index is 0.362. The molecule has 0 saturated heterocycles. The van der Waals surface area contributed by atoms with Gasteiger partial charge in [0.05, 0.1) is 17.1 Å². The lowest BCUT2D eigenvalue weighted by atomic mass is 9.99. The monoisotopic (exact) mass is 281 g/mol. The fourth-order valence-corrected chi connectivity index (χ4v) is 2.98. The molecule has 0 N–H and O–H groups in total. The van der Waals surface area contributed by atoms with Crippen LogP contribution in [0.3, 0.4) is 0 Å². The number of halogens is 1. The second-order valence-electron chi connectivity index (χ2n) is 4.01. The first kappa shape index (κ1) is 11.4. The van der Waals surface area contributed by atoms with Crippen LogP contribution in [0.2, 0.25) is 0 Å². The summed E-state index contributed by atoms with van der Waals surface area (Å²) in [6, 6.07) is 3.89. The van der Waals surface area contributed by atoms with Crippen molar-refractivity contribution in [2.45, 2.75) is 25.3 Å². The number of carbonyl (C=O) groups excluding carboxylic acids is 1. The molecule has 0 radical (unpaired) electrons. The minimum atomic E-state index is -0.362. The van der Waals surface area contributed by atoms with E-state index in [2.05, 4.69) is 20.9 Å². The van der Waals surface area contributed by atoms with Crippen molar-refractivity contribution in [2.75, 3.05) is 7.11 Å². The zero-order chi connectivity index (χ0) is 11.8. The molecule has 1 aliphatic rings. The fraction of sp³-hybridized carbons (Fsp3) is 0.417. The third kappa shape index (κ3) is 1.68. The number of isocyanates is 1. The summed E-state index contributed by atoms with van der Waals surface area (Å²) in [5.74, 6) is 0.771. The van der Waals surface area contributed by atoms with E-state index in [0.29, 0.717) is 0 Å². The first-order valence-electron chi connectivity index (χ1n) is 5.07. The summed E-state index contributed by atoms with van der Waals surface area (Å²) >= 11 is 3.52. The van der Waals surface area contributed by atoms with Gasteiger partial charge in [0.15, 0.2) is 0 Å². The van der Waals surface area contributed by atoms with Gasteiger partial charge in [-0.1, -0.05) is 6.07 Å². The topological polar surface area (TPSA) is 38.7 Å². The largest absolute Gasteiger partial charge is 0.496 e. The Labute approximate surface area is 103 Å². The van der Waals surface area contributed by atoms with E-state index in [-0.39, 0.29) is 5.54 Å². The molecule has 1 fully saturated rings. The van der Waals surface area contributed by atoms with Crippen molar-refractivity contribution in [3.05, 3.63) is 27.7 Å². The highest BCUT2D eigenvalue weighted by Gasteiger charge is 2.47. The molecule has 3 nitrogen and oxygen atoms in total. The van der Waals surface area contributed by atoms with E-state index >= 15 is 0 Å². The van der Waals surface area contributed by atoms with Crippen LogP contribution in [0.4, 0.5) is 0 Å². The number of methoxy groups -OCH3 is 1. The van der Waals surface area contributed by atoms with E-state index in [1.54, 1.807) is 13.2 Å². The molecule has 0 aromatic heterocycles. The van der Waals surface area contributed by atoms with Gasteiger partial charge in [-0.15, -0.1) is 0 Å². The van der Waals surface area contributed by atoms with Crippen molar-refractivity contribution >= 4 is 22.0 Å². The Bertz CT molecular complexity index is 474. The molecular weight excluding hydrogens is 270 g/mol. The van der Waals surface area contributed by atoms with Crippen molar-refractivity contribution in [2.24, 2.45) is 4.99 Å². The molecule has 0 unspecified atom stereocenters. The maximum Gasteiger partial charge on any atom is 0.235 e. The van der Waals surface area contributed by atoms with E-state index in [4.69, 9.17) is 4.74 Å². The SMILES string of the molecule is COc1ccc(C)c(C2(N=C=O)CC2)c1Br. The normalized spacial score (nSPS) is 16.4. The highest BCUT2D eigenvalue weighted by Crippen LogP contribution is 2.54. The summed E-state index contributed by atoms with van der Waals surface area (Å²) in [5, 5.41) is 0. The number of nitrogens with zero attached hydrogens (tertiary/aromatic N) is 1. The smallest absolute Gasteiger partial charge is 0.235 e. The molecule has 0 heterocycles. The Balaban J connectivity index is 2.60. The summed E-state index contributed by atoms with van der Waals surface area (Å²) in [6.07, 6.45) is 3.47. The van der Waals surface area contributed by atoms with Gasteiger partial charge in [0.2, 0.25) is 6.08 Å². The van der Waals surface area contributed by atoms with Crippen LogP contribution in [0.5, 0.6) is 5.75 Å². The Hall–Kier alpha value is -1.12. The highest BCUT2D eigenvalue weighted by atomic mass is 79.9. The molecule has 16 heavy (non-hydrogen) atoms. The van der Waals surface area contributed by atoms with Gasteiger partial charge in [-0.25, -0.2) is 4.79 Å². The molecule has 0 atom stereocenters. The summed E-state index contributed by atoms with van der Waals surface area (Å²) in [4.78, 5) is 14.4. The van der Waals surface area contributed by atoms with E-state index in [0.717, 1.165) is 34.2 Å². The second kappa shape index (κ2) is 4.04. The highest BCUT2D eigenvalue weighted by molar-refractivity contribution is 9.10. The first-order chi connectivity index (χ1) is 7.64. The lowest BCUT2D eigenvalue weighted by molar-refractivity contribution is 0.410. The van der Waals surface area contributed by atoms with E-state index in [1.807, 2.05) is 19.1 Å². The van der Waals surface area contributed by atoms with Crippen molar-refractivity contribution in [3.63, 3.8) is 0 Å². The van der Waals surface area contributed by atoms with Gasteiger partial charge in [-0.3, -0.25) is 0 Å². The molecule has 1 aliphatic carbocycles. The number of hydrogen-bond acceptors (Lipinski definition) is 3. The van der Waals surface area contributed by atoms with Crippen molar-refractivity contribution in [3.8, 4) is 5.75 Å². The number of hydrogen-bond donors (Lipinski definition) is 0. The van der Waals surface area contributed by atoms with E-state index in [1.165, 1.54) is 0 Å². The summed E-state index contributed by atoms with van der Waals surface area (Å²) in [5.41, 5.74) is 1.80. The molecule has 0 bridgehead atoms. The quantitative estimate of drug-likeness (QED) is 0.631. The molecule has 1 aromatic carbocycles. The van der Waals surface area contributed by atoms with Crippen LogP contribution in [0, 0.1) is 6.92 Å². The summed E-state index contributed by atoms with van der Waals surface area (Å²) in [6.45, 7) is 2.01. The van der Waals surface area contributed by atoms with Gasteiger partial charge in [0, 0.05) is 5.56 Å². The minimum Gasteiger partial charge on any atom is -0.496 e. The van der Waals surface area contributed by atoms with Crippen molar-refractivity contribution < 1.29 is 9.53 Å². The average molecular weight is 282 g/mol. The predicted octanol–water partition coefficient (Wildman–Crippen LogP) is 3.09. The summed E-state index contributed by atoms with van der Waals surface area (Å²) in [7, 11) is 1.63. The molecule has 0 amide bonds. The van der Waals surface area contributed by atoms with Crippen LogP contribution in [-0.4, -0.2) is 13.2 Å². The van der Waals surface area contributed by atoms with Gasteiger partial charge in [0.25, 0.3) is 0 Å². The maximum absolute atomic E-state index is 10.5. The number of rotatable bonds is 3. The first-order valence-corrected chi connectivity index (χ1v) is 5.86. The van der Waals surface area contributed by atoms with Crippen molar-refractivity contribution in [1.29, 1.82) is 0 Å². The Morgan fingerprint density at radius 1 is 1.50 bits per heavy atom. The molecule has 1 saturated carbocycles. The molecule has 1 aromatic rings. The predicted molar refractivity (Wildman–Crippen MR) is 64.5 cm³/mol. The molecular formula is C12H12BrNO2. The van der Waals surface area contributed by atoms with Crippen LogP contribution in [-0.2, 0) is 10.3 Å². The standard InChI is InChI=1S/C12H12BrNO2/c1-8-3-4-9(16-2)11(13)10(8)12(5-6-12)14-7-15/h3-4H,5-6H2,1-2H3. The lowest BCUT2D eigenvalue weighted by Crippen LogP contribution is -2.07. The Morgan fingerprint density at radius 3 is 2.69 bits per heavy atom. The van der Waals surface area contributed by atoms with Crippen LogP contribution in [0.1, 0.15) is 24.0 Å². The molecule has 2 rings (SSSR count). The number of benzene rings is 1. The van der Waals surface area contributed by atoms with Gasteiger partial charge >= 0.3 is 0 Å². The van der Waals surface area contributed by atoms with E-state index < -0.39 is 0 Å². The van der Waals surface area contributed by atoms with Gasteiger partial charge in [-0.05, 0) is 47.3 Å². The fourth-order valence-electron chi connectivity index (χ4n) is 2.01. The third-order valence-corrected chi connectivity index (χ3v) is 3.77. The third-order valence-electron chi connectivity index (χ3n) is 2.98. The number of ether oxygens (including phenoxy) is 1. The van der Waals surface area contributed by atoms with Gasteiger partial charge < -0.3 is 4.74 Å². The van der Waals surface area contributed by atoms with Crippen LogP contribution in [0.25, 0.3) is 0 Å². The maximum atomic E-state index is 10.5.